The van der Waals surface area contributed by atoms with Crippen molar-refractivity contribution < 1.29 is 4.74 Å². The fourth-order valence-electron chi connectivity index (χ4n) is 3.64. The van der Waals surface area contributed by atoms with Gasteiger partial charge in [-0.05, 0) is 44.7 Å². The molecule has 0 radical (unpaired) electrons. The standard InChI is InChI=1S/C16H22BrNO/c1-3-12-13(7-6-11(2)18-12)19-15-10-14(17)16(15)8-4-5-9-16/h6-7,14-15H,3-5,8-10H2,1-2H3. The highest BCUT2D eigenvalue weighted by molar-refractivity contribution is 9.09. The van der Waals surface area contributed by atoms with Crippen molar-refractivity contribution in [1.29, 1.82) is 0 Å². The minimum atomic E-state index is 0.384. The first kappa shape index (κ1) is 13.4. The fourth-order valence-corrected chi connectivity index (χ4v) is 4.74. The van der Waals surface area contributed by atoms with E-state index in [0.29, 0.717) is 16.3 Å². The van der Waals surface area contributed by atoms with Crippen LogP contribution < -0.4 is 4.74 Å². The highest BCUT2D eigenvalue weighted by Crippen LogP contribution is 2.57. The number of aryl methyl sites for hydroxylation is 2. The van der Waals surface area contributed by atoms with Crippen molar-refractivity contribution in [3.05, 3.63) is 23.5 Å². The van der Waals surface area contributed by atoms with Gasteiger partial charge in [-0.1, -0.05) is 35.7 Å². The maximum atomic E-state index is 6.34. The lowest BCUT2D eigenvalue weighted by Gasteiger charge is -2.51. The van der Waals surface area contributed by atoms with Crippen LogP contribution >= 0.6 is 15.9 Å². The van der Waals surface area contributed by atoms with Crippen molar-refractivity contribution in [2.24, 2.45) is 5.41 Å². The second-order valence-corrected chi connectivity index (χ2v) is 7.11. The molecule has 0 aliphatic heterocycles. The van der Waals surface area contributed by atoms with Crippen LogP contribution in [0.5, 0.6) is 5.75 Å². The summed E-state index contributed by atoms with van der Waals surface area (Å²) >= 11 is 3.85. The predicted molar refractivity (Wildman–Crippen MR) is 81.0 cm³/mol. The third-order valence-corrected chi connectivity index (χ3v) is 6.18. The second kappa shape index (κ2) is 5.08. The summed E-state index contributed by atoms with van der Waals surface area (Å²) in [7, 11) is 0. The molecule has 2 fully saturated rings. The van der Waals surface area contributed by atoms with Crippen LogP contribution in [0, 0.1) is 12.3 Å². The molecule has 0 bridgehead atoms. The third kappa shape index (κ3) is 2.20. The molecule has 0 amide bonds. The lowest BCUT2D eigenvalue weighted by molar-refractivity contribution is -0.0311. The Bertz CT molecular complexity index is 468. The van der Waals surface area contributed by atoms with Gasteiger partial charge in [0.1, 0.15) is 11.9 Å². The Balaban J connectivity index is 1.79. The molecule has 2 aliphatic rings. The number of aromatic nitrogens is 1. The Labute approximate surface area is 124 Å². The highest BCUT2D eigenvalue weighted by atomic mass is 79.9. The quantitative estimate of drug-likeness (QED) is 0.768. The molecule has 2 unspecified atom stereocenters. The van der Waals surface area contributed by atoms with Gasteiger partial charge in [-0.3, -0.25) is 4.98 Å². The second-order valence-electron chi connectivity index (χ2n) is 6.00. The van der Waals surface area contributed by atoms with Crippen LogP contribution in [0.2, 0.25) is 0 Å². The number of halogens is 1. The first-order valence-corrected chi connectivity index (χ1v) is 8.34. The molecule has 0 N–H and O–H groups in total. The van der Waals surface area contributed by atoms with E-state index >= 15 is 0 Å². The van der Waals surface area contributed by atoms with Crippen molar-refractivity contribution in [2.45, 2.75) is 63.3 Å². The van der Waals surface area contributed by atoms with Crippen LogP contribution in [0.25, 0.3) is 0 Å². The molecule has 1 heterocycles. The Morgan fingerprint density at radius 2 is 2.11 bits per heavy atom. The minimum Gasteiger partial charge on any atom is -0.488 e. The van der Waals surface area contributed by atoms with Gasteiger partial charge in [0.05, 0.1) is 5.69 Å². The van der Waals surface area contributed by atoms with Crippen LogP contribution in [0.3, 0.4) is 0 Å². The molecule has 19 heavy (non-hydrogen) atoms. The van der Waals surface area contributed by atoms with E-state index in [2.05, 4.69) is 40.0 Å². The van der Waals surface area contributed by atoms with Gasteiger partial charge in [0, 0.05) is 15.9 Å². The fraction of sp³-hybridized carbons (Fsp3) is 0.688. The van der Waals surface area contributed by atoms with Crippen molar-refractivity contribution in [3.8, 4) is 5.75 Å². The van der Waals surface area contributed by atoms with Gasteiger partial charge in [0.25, 0.3) is 0 Å². The summed E-state index contributed by atoms with van der Waals surface area (Å²) in [5.74, 6) is 1.00. The summed E-state index contributed by atoms with van der Waals surface area (Å²) in [4.78, 5) is 5.25. The van der Waals surface area contributed by atoms with Gasteiger partial charge >= 0.3 is 0 Å². The number of rotatable bonds is 3. The summed E-state index contributed by atoms with van der Waals surface area (Å²) in [6, 6.07) is 4.16. The summed E-state index contributed by atoms with van der Waals surface area (Å²) in [6.07, 6.45) is 7.80. The first-order valence-electron chi connectivity index (χ1n) is 7.43. The summed E-state index contributed by atoms with van der Waals surface area (Å²) in [5.41, 5.74) is 2.58. The smallest absolute Gasteiger partial charge is 0.141 e. The molecule has 3 rings (SSSR count). The molecule has 2 nitrogen and oxygen atoms in total. The van der Waals surface area contributed by atoms with E-state index in [-0.39, 0.29) is 0 Å². The minimum absolute atomic E-state index is 0.384. The number of hydrogen-bond donors (Lipinski definition) is 0. The first-order chi connectivity index (χ1) is 9.15. The van der Waals surface area contributed by atoms with Crippen molar-refractivity contribution in [3.63, 3.8) is 0 Å². The Kier molecular flexibility index (Phi) is 3.59. The normalized spacial score (nSPS) is 28.4. The summed E-state index contributed by atoms with van der Waals surface area (Å²) in [6.45, 7) is 4.19. The van der Waals surface area contributed by atoms with Gasteiger partial charge in [0.2, 0.25) is 0 Å². The van der Waals surface area contributed by atoms with Crippen molar-refractivity contribution in [1.82, 2.24) is 4.98 Å². The van der Waals surface area contributed by atoms with E-state index < -0.39 is 0 Å². The molecule has 3 heteroatoms. The number of alkyl halides is 1. The zero-order valence-electron chi connectivity index (χ0n) is 11.8. The molecule has 2 atom stereocenters. The molecule has 2 aliphatic carbocycles. The Hall–Kier alpha value is -0.570. The van der Waals surface area contributed by atoms with Gasteiger partial charge < -0.3 is 4.74 Å². The van der Waals surface area contributed by atoms with Crippen LogP contribution in [0.4, 0.5) is 0 Å². The van der Waals surface area contributed by atoms with Crippen molar-refractivity contribution in [2.75, 3.05) is 0 Å². The molecular weight excluding hydrogens is 302 g/mol. The van der Waals surface area contributed by atoms with E-state index in [1.807, 2.05) is 6.92 Å². The lowest BCUT2D eigenvalue weighted by atomic mass is 9.64. The lowest BCUT2D eigenvalue weighted by Crippen LogP contribution is -2.55. The van der Waals surface area contributed by atoms with E-state index in [9.17, 15) is 0 Å². The number of nitrogens with zero attached hydrogens (tertiary/aromatic N) is 1. The van der Waals surface area contributed by atoms with E-state index in [4.69, 9.17) is 4.74 Å². The van der Waals surface area contributed by atoms with Crippen molar-refractivity contribution >= 4 is 15.9 Å². The van der Waals surface area contributed by atoms with Crippen LogP contribution in [-0.2, 0) is 6.42 Å². The SMILES string of the molecule is CCc1nc(C)ccc1OC1CC(Br)C12CCCC2. The van der Waals surface area contributed by atoms with Gasteiger partial charge in [0.15, 0.2) is 0 Å². The van der Waals surface area contributed by atoms with Crippen LogP contribution in [0.15, 0.2) is 12.1 Å². The number of ether oxygens (including phenoxy) is 1. The van der Waals surface area contributed by atoms with Gasteiger partial charge in [-0.15, -0.1) is 0 Å². The molecular formula is C16H22BrNO. The van der Waals surface area contributed by atoms with Gasteiger partial charge in [-0.2, -0.15) is 0 Å². The summed E-state index contributed by atoms with van der Waals surface area (Å²) < 4.78 is 6.34. The molecule has 2 saturated carbocycles. The number of hydrogen-bond acceptors (Lipinski definition) is 2. The zero-order valence-corrected chi connectivity index (χ0v) is 13.4. The molecule has 0 aromatic carbocycles. The average Bonchev–Trinajstić information content (AvgIpc) is 2.92. The molecule has 0 saturated heterocycles. The van der Waals surface area contributed by atoms with E-state index in [1.54, 1.807) is 0 Å². The maximum absolute atomic E-state index is 6.34. The topological polar surface area (TPSA) is 22.1 Å². The molecule has 104 valence electrons. The van der Waals surface area contributed by atoms with Crippen LogP contribution in [-0.4, -0.2) is 15.9 Å². The monoisotopic (exact) mass is 323 g/mol. The molecule has 1 spiro atoms. The zero-order chi connectivity index (χ0) is 13.5. The number of pyridine rings is 1. The van der Waals surface area contributed by atoms with Gasteiger partial charge in [-0.25, -0.2) is 0 Å². The highest BCUT2D eigenvalue weighted by Gasteiger charge is 2.56. The molecule has 1 aromatic heterocycles. The Morgan fingerprint density at radius 3 is 2.74 bits per heavy atom. The molecule has 1 aromatic rings. The predicted octanol–water partition coefficient (Wildman–Crippen LogP) is 4.43. The third-order valence-electron chi connectivity index (χ3n) is 4.90. The average molecular weight is 324 g/mol. The van der Waals surface area contributed by atoms with Crippen LogP contribution in [0.1, 0.15) is 50.4 Å². The largest absolute Gasteiger partial charge is 0.488 e. The Morgan fingerprint density at radius 1 is 1.37 bits per heavy atom. The maximum Gasteiger partial charge on any atom is 0.141 e. The summed E-state index contributed by atoms with van der Waals surface area (Å²) in [5, 5.41) is 0. The van der Waals surface area contributed by atoms with E-state index in [1.165, 1.54) is 25.7 Å². The van der Waals surface area contributed by atoms with E-state index in [0.717, 1.165) is 30.0 Å².